The zero-order valence-corrected chi connectivity index (χ0v) is 12.5. The van der Waals surface area contributed by atoms with E-state index in [9.17, 15) is 9.59 Å². The van der Waals surface area contributed by atoms with Crippen LogP contribution in [0.3, 0.4) is 0 Å². The van der Waals surface area contributed by atoms with Gasteiger partial charge in [0, 0.05) is 11.4 Å². The van der Waals surface area contributed by atoms with E-state index in [1.807, 2.05) is 13.8 Å². The summed E-state index contributed by atoms with van der Waals surface area (Å²) in [5.41, 5.74) is 0.880. The summed E-state index contributed by atoms with van der Waals surface area (Å²) in [6.45, 7) is 4.81. The van der Waals surface area contributed by atoms with Crippen molar-refractivity contribution in [1.29, 1.82) is 0 Å². The van der Waals surface area contributed by atoms with Gasteiger partial charge in [0.25, 0.3) is 5.56 Å². The van der Waals surface area contributed by atoms with E-state index in [0.717, 1.165) is 15.3 Å². The molecule has 0 amide bonds. The van der Waals surface area contributed by atoms with Crippen LogP contribution in [-0.4, -0.2) is 29.6 Å². The second-order valence-corrected chi connectivity index (χ2v) is 5.68. The standard InChI is InChI=1S/C13H17N3O3S/c1-7-8(2)20-13-11(7)12(18)15-9(16-13)6-14-5-4-10(17)19-3/h14H,4-6H2,1-3H3,(H,15,16,18). The molecule has 0 atom stereocenters. The zero-order chi connectivity index (χ0) is 14.7. The van der Waals surface area contributed by atoms with E-state index in [2.05, 4.69) is 20.0 Å². The average molecular weight is 295 g/mol. The number of nitrogens with zero attached hydrogens (tertiary/aromatic N) is 1. The van der Waals surface area contributed by atoms with E-state index >= 15 is 0 Å². The van der Waals surface area contributed by atoms with Gasteiger partial charge in [0.15, 0.2) is 0 Å². The van der Waals surface area contributed by atoms with Crippen molar-refractivity contribution in [1.82, 2.24) is 15.3 Å². The van der Waals surface area contributed by atoms with Crippen LogP contribution in [0.2, 0.25) is 0 Å². The lowest BCUT2D eigenvalue weighted by atomic mass is 10.2. The molecule has 0 radical (unpaired) electrons. The molecule has 2 heterocycles. The molecule has 2 aromatic heterocycles. The van der Waals surface area contributed by atoms with Crippen molar-refractivity contribution in [2.24, 2.45) is 0 Å². The molecule has 2 N–H and O–H groups in total. The Labute approximate surface area is 120 Å². The number of thiophene rings is 1. The van der Waals surface area contributed by atoms with Gasteiger partial charge in [-0.05, 0) is 19.4 Å². The molecule has 0 aromatic carbocycles. The van der Waals surface area contributed by atoms with Gasteiger partial charge < -0.3 is 15.0 Å². The molecule has 6 nitrogen and oxygen atoms in total. The first kappa shape index (κ1) is 14.7. The fourth-order valence-electron chi connectivity index (χ4n) is 1.88. The Bertz CT molecular complexity index is 690. The van der Waals surface area contributed by atoms with Gasteiger partial charge in [-0.2, -0.15) is 0 Å². The Morgan fingerprint density at radius 3 is 2.90 bits per heavy atom. The average Bonchev–Trinajstić information content (AvgIpc) is 2.70. The summed E-state index contributed by atoms with van der Waals surface area (Å²) < 4.78 is 4.54. The fourth-order valence-corrected chi connectivity index (χ4v) is 2.93. The minimum absolute atomic E-state index is 0.110. The maximum Gasteiger partial charge on any atom is 0.306 e. The highest BCUT2D eigenvalue weighted by atomic mass is 32.1. The number of carbonyl (C=O) groups excluding carboxylic acids is 1. The molecule has 0 aliphatic heterocycles. The second-order valence-electron chi connectivity index (χ2n) is 4.48. The molecule has 0 saturated heterocycles. The Balaban J connectivity index is 2.08. The summed E-state index contributed by atoms with van der Waals surface area (Å²) in [5, 5.41) is 3.72. The number of aromatic nitrogens is 2. The maximum atomic E-state index is 12.0. The van der Waals surface area contributed by atoms with Crippen LogP contribution in [0.25, 0.3) is 10.2 Å². The Morgan fingerprint density at radius 2 is 2.20 bits per heavy atom. The third-order valence-electron chi connectivity index (χ3n) is 3.11. The lowest BCUT2D eigenvalue weighted by Crippen LogP contribution is -2.22. The number of nitrogens with one attached hydrogen (secondary N) is 2. The van der Waals surface area contributed by atoms with E-state index < -0.39 is 0 Å². The number of methoxy groups -OCH3 is 1. The largest absolute Gasteiger partial charge is 0.469 e. The molecular weight excluding hydrogens is 278 g/mol. The number of ether oxygens (including phenoxy) is 1. The summed E-state index contributed by atoms with van der Waals surface area (Å²) >= 11 is 1.52. The summed E-state index contributed by atoms with van der Waals surface area (Å²) in [4.78, 5) is 32.1. The minimum atomic E-state index is -0.265. The van der Waals surface area contributed by atoms with Crippen molar-refractivity contribution in [3.8, 4) is 0 Å². The van der Waals surface area contributed by atoms with Crippen LogP contribution in [0.15, 0.2) is 4.79 Å². The van der Waals surface area contributed by atoms with Gasteiger partial charge in [-0.3, -0.25) is 9.59 Å². The molecule has 0 spiro atoms. The quantitative estimate of drug-likeness (QED) is 0.641. The first-order chi connectivity index (χ1) is 9.52. The first-order valence-electron chi connectivity index (χ1n) is 6.29. The molecule has 0 unspecified atom stereocenters. The lowest BCUT2D eigenvalue weighted by molar-refractivity contribution is -0.140. The van der Waals surface area contributed by atoms with E-state index in [4.69, 9.17) is 0 Å². The van der Waals surface area contributed by atoms with Crippen molar-refractivity contribution < 1.29 is 9.53 Å². The number of fused-ring (bicyclic) bond motifs is 1. The maximum absolute atomic E-state index is 12.0. The molecule has 2 rings (SSSR count). The van der Waals surface area contributed by atoms with Gasteiger partial charge in [0.2, 0.25) is 0 Å². The molecule has 7 heteroatoms. The van der Waals surface area contributed by atoms with Crippen LogP contribution in [-0.2, 0) is 16.1 Å². The number of rotatable bonds is 5. The monoisotopic (exact) mass is 295 g/mol. The summed E-state index contributed by atoms with van der Waals surface area (Å²) in [6, 6.07) is 0. The predicted molar refractivity (Wildman–Crippen MR) is 78.1 cm³/mol. The zero-order valence-electron chi connectivity index (χ0n) is 11.7. The molecule has 0 aliphatic rings. The van der Waals surface area contributed by atoms with Gasteiger partial charge in [0.1, 0.15) is 10.7 Å². The number of H-pyrrole nitrogens is 1. The Morgan fingerprint density at radius 1 is 1.45 bits per heavy atom. The first-order valence-corrected chi connectivity index (χ1v) is 7.11. The molecule has 0 fully saturated rings. The van der Waals surface area contributed by atoms with Gasteiger partial charge in [0.05, 0.1) is 25.5 Å². The van der Waals surface area contributed by atoms with Crippen molar-refractivity contribution in [3.63, 3.8) is 0 Å². The van der Waals surface area contributed by atoms with E-state index in [-0.39, 0.29) is 11.5 Å². The van der Waals surface area contributed by atoms with E-state index in [0.29, 0.717) is 30.7 Å². The molecule has 20 heavy (non-hydrogen) atoms. The number of hydrogen-bond acceptors (Lipinski definition) is 6. The third-order valence-corrected chi connectivity index (χ3v) is 4.22. The van der Waals surface area contributed by atoms with Crippen molar-refractivity contribution >= 4 is 27.5 Å². The SMILES string of the molecule is COC(=O)CCNCc1nc2sc(C)c(C)c2c(=O)[nH]1. The highest BCUT2D eigenvalue weighted by Gasteiger charge is 2.11. The van der Waals surface area contributed by atoms with Crippen LogP contribution < -0.4 is 10.9 Å². The fraction of sp³-hybridized carbons (Fsp3) is 0.462. The molecular formula is C13H17N3O3S. The number of carbonyl (C=O) groups is 1. The van der Waals surface area contributed by atoms with Crippen molar-refractivity contribution in [2.75, 3.05) is 13.7 Å². The van der Waals surface area contributed by atoms with E-state index in [1.165, 1.54) is 18.4 Å². The lowest BCUT2D eigenvalue weighted by Gasteiger charge is -2.03. The van der Waals surface area contributed by atoms with Crippen molar-refractivity contribution in [2.45, 2.75) is 26.8 Å². The minimum Gasteiger partial charge on any atom is -0.469 e. The highest BCUT2D eigenvalue weighted by molar-refractivity contribution is 7.18. The summed E-state index contributed by atoms with van der Waals surface area (Å²) in [7, 11) is 1.36. The van der Waals surface area contributed by atoms with Crippen LogP contribution >= 0.6 is 11.3 Å². The normalized spacial score (nSPS) is 10.9. The molecule has 0 aliphatic carbocycles. The van der Waals surface area contributed by atoms with Crippen LogP contribution in [0.1, 0.15) is 22.7 Å². The number of hydrogen-bond donors (Lipinski definition) is 2. The topological polar surface area (TPSA) is 84.1 Å². The van der Waals surface area contributed by atoms with Gasteiger partial charge in [-0.25, -0.2) is 4.98 Å². The number of aryl methyl sites for hydroxylation is 2. The summed E-state index contributed by atoms with van der Waals surface area (Å²) in [6.07, 6.45) is 0.292. The molecule has 0 saturated carbocycles. The smallest absolute Gasteiger partial charge is 0.306 e. The predicted octanol–water partition coefficient (Wildman–Crippen LogP) is 1.25. The Hall–Kier alpha value is -1.73. The molecule has 2 aromatic rings. The number of aromatic amines is 1. The van der Waals surface area contributed by atoms with E-state index in [1.54, 1.807) is 0 Å². The van der Waals surface area contributed by atoms with Gasteiger partial charge in [-0.1, -0.05) is 0 Å². The Kier molecular flexibility index (Phi) is 4.51. The van der Waals surface area contributed by atoms with Crippen LogP contribution in [0.5, 0.6) is 0 Å². The van der Waals surface area contributed by atoms with Crippen LogP contribution in [0, 0.1) is 13.8 Å². The van der Waals surface area contributed by atoms with Crippen molar-refractivity contribution in [3.05, 3.63) is 26.6 Å². The van der Waals surface area contributed by atoms with Gasteiger partial charge in [-0.15, -0.1) is 11.3 Å². The molecule has 108 valence electrons. The second kappa shape index (κ2) is 6.15. The third kappa shape index (κ3) is 3.05. The van der Waals surface area contributed by atoms with Gasteiger partial charge >= 0.3 is 5.97 Å². The number of esters is 1. The highest BCUT2D eigenvalue weighted by Crippen LogP contribution is 2.25. The summed E-state index contributed by atoms with van der Waals surface area (Å²) in [5.74, 6) is 0.313. The van der Waals surface area contributed by atoms with Crippen LogP contribution in [0.4, 0.5) is 0 Å². The molecule has 0 bridgehead atoms.